The van der Waals surface area contributed by atoms with Crippen LogP contribution in [0.25, 0.3) is 0 Å². The number of allylic oxidation sites excluding steroid dienone is 1. The number of aliphatic hydroxyl groups is 2. The van der Waals surface area contributed by atoms with Gasteiger partial charge in [0.05, 0.1) is 12.2 Å². The number of fused-ring (bicyclic) bond motifs is 5. The number of aliphatic hydroxyl groups excluding tert-OH is 2. The van der Waals surface area contributed by atoms with Crippen molar-refractivity contribution in [3.63, 3.8) is 0 Å². The van der Waals surface area contributed by atoms with Crippen molar-refractivity contribution in [2.24, 2.45) is 34.5 Å². The predicted octanol–water partition coefficient (Wildman–Crippen LogP) is 4.31. The molecule has 2 nitrogen and oxygen atoms in total. The minimum atomic E-state index is -0.159. The summed E-state index contributed by atoms with van der Waals surface area (Å²) in [6.45, 7) is 7.20. The van der Waals surface area contributed by atoms with Crippen LogP contribution in [0, 0.1) is 34.5 Å². The van der Waals surface area contributed by atoms with Gasteiger partial charge in [0.15, 0.2) is 0 Å². The van der Waals surface area contributed by atoms with Crippen molar-refractivity contribution in [3.8, 4) is 0 Å². The van der Waals surface area contributed by atoms with Crippen molar-refractivity contribution < 1.29 is 10.2 Å². The lowest BCUT2D eigenvalue weighted by atomic mass is 9.46. The standard InChI is InChI=1S/C21H34O2/c1-4-13-6-8-17-16-7-5-14-11-15(22)9-10-20(14,2)19(16)18(23)12-21(13,17)3/h5,13,15-19,22-23H,4,6-12H2,1-3H3. The lowest BCUT2D eigenvalue weighted by Gasteiger charge is -2.59. The van der Waals surface area contributed by atoms with Crippen molar-refractivity contribution in [2.75, 3.05) is 0 Å². The lowest BCUT2D eigenvalue weighted by Crippen LogP contribution is -2.56. The van der Waals surface area contributed by atoms with Crippen LogP contribution in [0.1, 0.15) is 72.1 Å². The zero-order valence-electron chi connectivity index (χ0n) is 15.1. The van der Waals surface area contributed by atoms with Gasteiger partial charge in [0.25, 0.3) is 0 Å². The third kappa shape index (κ3) is 2.13. The Hall–Kier alpha value is -0.340. The zero-order chi connectivity index (χ0) is 16.4. The molecule has 4 rings (SSSR count). The Morgan fingerprint density at radius 2 is 1.96 bits per heavy atom. The maximum atomic E-state index is 11.2. The molecule has 2 heteroatoms. The van der Waals surface area contributed by atoms with E-state index in [1.807, 2.05) is 0 Å². The molecule has 0 aromatic heterocycles. The number of rotatable bonds is 1. The van der Waals surface area contributed by atoms with Gasteiger partial charge in [-0.05, 0) is 79.4 Å². The molecule has 4 aliphatic rings. The summed E-state index contributed by atoms with van der Waals surface area (Å²) in [5.41, 5.74) is 1.93. The highest BCUT2D eigenvalue weighted by atomic mass is 16.3. The Balaban J connectivity index is 1.71. The topological polar surface area (TPSA) is 40.5 Å². The first-order valence-electron chi connectivity index (χ1n) is 9.95. The molecular formula is C21H34O2. The molecule has 4 aliphatic carbocycles. The molecule has 8 unspecified atom stereocenters. The van der Waals surface area contributed by atoms with Crippen LogP contribution in [0.4, 0.5) is 0 Å². The van der Waals surface area contributed by atoms with Gasteiger partial charge < -0.3 is 10.2 Å². The first-order valence-corrected chi connectivity index (χ1v) is 9.95. The summed E-state index contributed by atoms with van der Waals surface area (Å²) in [5.74, 6) is 2.67. The second kappa shape index (κ2) is 5.33. The summed E-state index contributed by atoms with van der Waals surface area (Å²) in [6.07, 6.45) is 11.1. The molecule has 0 aromatic carbocycles. The van der Waals surface area contributed by atoms with Crippen molar-refractivity contribution in [1.82, 2.24) is 0 Å². The zero-order valence-corrected chi connectivity index (χ0v) is 15.1. The largest absolute Gasteiger partial charge is 0.393 e. The monoisotopic (exact) mass is 318 g/mol. The van der Waals surface area contributed by atoms with Gasteiger partial charge in [-0.3, -0.25) is 0 Å². The SMILES string of the molecule is CCC1CCC2C3CC=C4CC(O)CCC4(C)C3C(O)CC12C. The highest BCUT2D eigenvalue weighted by molar-refractivity contribution is 5.26. The van der Waals surface area contributed by atoms with Gasteiger partial charge in [-0.15, -0.1) is 0 Å². The lowest BCUT2D eigenvalue weighted by molar-refractivity contribution is -0.125. The number of hydrogen-bond acceptors (Lipinski definition) is 2. The van der Waals surface area contributed by atoms with Crippen molar-refractivity contribution in [1.29, 1.82) is 0 Å². The van der Waals surface area contributed by atoms with Crippen LogP contribution < -0.4 is 0 Å². The van der Waals surface area contributed by atoms with Crippen LogP contribution in [0.3, 0.4) is 0 Å². The van der Waals surface area contributed by atoms with E-state index in [1.165, 1.54) is 24.8 Å². The van der Waals surface area contributed by atoms with E-state index in [4.69, 9.17) is 0 Å². The summed E-state index contributed by atoms with van der Waals surface area (Å²) < 4.78 is 0. The molecule has 2 N–H and O–H groups in total. The van der Waals surface area contributed by atoms with E-state index in [0.29, 0.717) is 17.3 Å². The second-order valence-corrected chi connectivity index (χ2v) is 9.54. The average molecular weight is 319 g/mol. The maximum Gasteiger partial charge on any atom is 0.0585 e. The van der Waals surface area contributed by atoms with Crippen molar-refractivity contribution >= 4 is 0 Å². The quantitative estimate of drug-likeness (QED) is 0.707. The summed E-state index contributed by atoms with van der Waals surface area (Å²) in [7, 11) is 0. The highest BCUT2D eigenvalue weighted by Crippen LogP contribution is 2.66. The van der Waals surface area contributed by atoms with Gasteiger partial charge >= 0.3 is 0 Å². The van der Waals surface area contributed by atoms with Gasteiger partial charge in [-0.2, -0.15) is 0 Å². The van der Waals surface area contributed by atoms with E-state index in [1.54, 1.807) is 0 Å². The minimum Gasteiger partial charge on any atom is -0.393 e. The summed E-state index contributed by atoms with van der Waals surface area (Å²) >= 11 is 0. The first kappa shape index (κ1) is 16.1. The molecule has 0 aromatic rings. The molecule has 0 radical (unpaired) electrons. The summed E-state index contributed by atoms with van der Waals surface area (Å²) in [6, 6.07) is 0. The highest BCUT2D eigenvalue weighted by Gasteiger charge is 2.61. The van der Waals surface area contributed by atoms with Crippen LogP contribution in [-0.4, -0.2) is 22.4 Å². The molecule has 3 saturated carbocycles. The molecule has 0 spiro atoms. The van der Waals surface area contributed by atoms with Crippen molar-refractivity contribution in [2.45, 2.75) is 84.3 Å². The van der Waals surface area contributed by atoms with Crippen LogP contribution in [0.5, 0.6) is 0 Å². The normalized spacial score (nSPS) is 55.6. The molecule has 23 heavy (non-hydrogen) atoms. The molecule has 0 bridgehead atoms. The average Bonchev–Trinajstić information content (AvgIpc) is 2.83. The molecule has 3 fully saturated rings. The fourth-order valence-electron chi connectivity index (χ4n) is 7.55. The Kier molecular flexibility index (Phi) is 3.74. The van der Waals surface area contributed by atoms with Crippen LogP contribution in [0.15, 0.2) is 11.6 Å². The third-order valence-electron chi connectivity index (χ3n) is 8.70. The van der Waals surface area contributed by atoms with Crippen molar-refractivity contribution in [3.05, 3.63) is 11.6 Å². The molecule has 8 atom stereocenters. The van der Waals surface area contributed by atoms with E-state index in [-0.39, 0.29) is 17.6 Å². The van der Waals surface area contributed by atoms with Gasteiger partial charge in [0.2, 0.25) is 0 Å². The molecule has 0 aliphatic heterocycles. The molecule has 130 valence electrons. The van der Waals surface area contributed by atoms with Gasteiger partial charge in [0, 0.05) is 0 Å². The fourth-order valence-corrected chi connectivity index (χ4v) is 7.55. The van der Waals surface area contributed by atoms with Gasteiger partial charge in [0.1, 0.15) is 0 Å². The van der Waals surface area contributed by atoms with E-state index in [0.717, 1.165) is 43.9 Å². The van der Waals surface area contributed by atoms with Crippen LogP contribution in [0.2, 0.25) is 0 Å². The Morgan fingerprint density at radius 3 is 2.70 bits per heavy atom. The van der Waals surface area contributed by atoms with Crippen LogP contribution >= 0.6 is 0 Å². The summed E-state index contributed by atoms with van der Waals surface area (Å²) in [4.78, 5) is 0. The molecule has 0 heterocycles. The van der Waals surface area contributed by atoms with E-state index < -0.39 is 0 Å². The summed E-state index contributed by atoms with van der Waals surface area (Å²) in [5, 5.41) is 21.3. The second-order valence-electron chi connectivity index (χ2n) is 9.54. The Bertz CT molecular complexity index is 512. The van der Waals surface area contributed by atoms with Gasteiger partial charge in [-0.1, -0.05) is 38.8 Å². The van der Waals surface area contributed by atoms with E-state index in [2.05, 4.69) is 26.8 Å². The maximum absolute atomic E-state index is 11.2. The first-order chi connectivity index (χ1) is 10.9. The fraction of sp³-hybridized carbons (Fsp3) is 0.905. The van der Waals surface area contributed by atoms with E-state index >= 15 is 0 Å². The van der Waals surface area contributed by atoms with Crippen LogP contribution in [-0.2, 0) is 0 Å². The van der Waals surface area contributed by atoms with E-state index in [9.17, 15) is 10.2 Å². The Morgan fingerprint density at radius 1 is 1.17 bits per heavy atom. The van der Waals surface area contributed by atoms with Gasteiger partial charge in [-0.25, -0.2) is 0 Å². The number of hydrogen-bond donors (Lipinski definition) is 2. The Labute approximate surface area is 141 Å². The predicted molar refractivity (Wildman–Crippen MR) is 92.9 cm³/mol. The molecule has 0 saturated heterocycles. The third-order valence-corrected chi connectivity index (χ3v) is 8.70. The smallest absolute Gasteiger partial charge is 0.0585 e. The minimum absolute atomic E-state index is 0.132. The molecule has 0 amide bonds. The molecular weight excluding hydrogens is 284 g/mol.